The summed E-state index contributed by atoms with van der Waals surface area (Å²) < 4.78 is 26.8. The van der Waals surface area contributed by atoms with Crippen molar-refractivity contribution < 1.29 is 8.42 Å². The van der Waals surface area contributed by atoms with Gasteiger partial charge in [0, 0.05) is 13.1 Å². The Balaban J connectivity index is 0.00000147. The minimum absolute atomic E-state index is 0. The third-order valence-electron chi connectivity index (χ3n) is 4.33. The van der Waals surface area contributed by atoms with Crippen LogP contribution in [0.5, 0.6) is 0 Å². The van der Waals surface area contributed by atoms with E-state index in [0.717, 1.165) is 19.5 Å². The molecule has 2 saturated heterocycles. The fourth-order valence-electron chi connectivity index (χ4n) is 3.05. The second-order valence-corrected chi connectivity index (χ2v) is 7.44. The highest BCUT2D eigenvalue weighted by atomic mass is 35.5. The highest BCUT2D eigenvalue weighted by Crippen LogP contribution is 2.30. The zero-order valence-corrected chi connectivity index (χ0v) is 13.2. The van der Waals surface area contributed by atoms with Crippen LogP contribution in [0, 0.1) is 11.8 Å². The average Bonchev–Trinajstić information content (AvgIpc) is 2.99. The van der Waals surface area contributed by atoms with Gasteiger partial charge in [-0.05, 0) is 49.0 Å². The Morgan fingerprint density at radius 1 is 1.15 bits per heavy atom. The number of sulfonamides is 1. The molecule has 4 nitrogen and oxygen atoms in total. The summed E-state index contributed by atoms with van der Waals surface area (Å²) in [5.74, 6) is 0.981. The van der Waals surface area contributed by atoms with Crippen LogP contribution < -0.4 is 5.32 Å². The summed E-state index contributed by atoms with van der Waals surface area (Å²) in [6.45, 7) is 5.29. The molecule has 2 atom stereocenters. The summed E-state index contributed by atoms with van der Waals surface area (Å²) in [5.41, 5.74) is 1.17. The molecule has 1 aromatic rings. The number of hydrogen-bond donors (Lipinski definition) is 1. The maximum absolute atomic E-state index is 12.6. The van der Waals surface area contributed by atoms with Gasteiger partial charge in [-0.3, -0.25) is 0 Å². The minimum Gasteiger partial charge on any atom is -0.316 e. The Hall–Kier alpha value is -0.620. The molecule has 0 saturated carbocycles. The predicted octanol–water partition coefficient (Wildman–Crippen LogP) is 1.51. The Kier molecular flexibility index (Phi) is 4.74. The monoisotopic (exact) mass is 316 g/mol. The lowest BCUT2D eigenvalue weighted by Gasteiger charge is -2.17. The van der Waals surface area contributed by atoms with Gasteiger partial charge in [-0.15, -0.1) is 12.4 Å². The zero-order valence-electron chi connectivity index (χ0n) is 11.6. The number of halogens is 1. The van der Waals surface area contributed by atoms with Gasteiger partial charge in [0.1, 0.15) is 0 Å². The van der Waals surface area contributed by atoms with Crippen molar-refractivity contribution in [2.45, 2.75) is 18.2 Å². The summed E-state index contributed by atoms with van der Waals surface area (Å²) in [4.78, 5) is 0.428. The molecule has 1 N–H and O–H groups in total. The predicted molar refractivity (Wildman–Crippen MR) is 81.7 cm³/mol. The molecule has 0 bridgehead atoms. The molecular weight excluding hydrogens is 296 g/mol. The summed E-state index contributed by atoms with van der Waals surface area (Å²) in [6, 6.07) is 7.29. The molecule has 0 aromatic heterocycles. The lowest BCUT2D eigenvalue weighted by molar-refractivity contribution is 0.448. The van der Waals surface area contributed by atoms with Crippen LogP contribution in [-0.2, 0) is 16.4 Å². The molecule has 0 amide bonds. The molecule has 1 aromatic carbocycles. The van der Waals surface area contributed by atoms with E-state index >= 15 is 0 Å². The van der Waals surface area contributed by atoms with Crippen molar-refractivity contribution >= 4 is 22.4 Å². The first-order chi connectivity index (χ1) is 9.11. The van der Waals surface area contributed by atoms with Crippen molar-refractivity contribution in [3.05, 3.63) is 29.8 Å². The molecule has 2 aliphatic rings. The van der Waals surface area contributed by atoms with Crippen LogP contribution in [0.3, 0.4) is 0 Å². The van der Waals surface area contributed by atoms with Crippen LogP contribution in [0.2, 0.25) is 0 Å². The molecule has 2 heterocycles. The molecule has 0 aliphatic carbocycles. The van der Waals surface area contributed by atoms with Gasteiger partial charge in [-0.2, -0.15) is 4.31 Å². The highest BCUT2D eigenvalue weighted by molar-refractivity contribution is 7.89. The van der Waals surface area contributed by atoms with Crippen molar-refractivity contribution in [1.82, 2.24) is 9.62 Å². The van der Waals surface area contributed by atoms with Gasteiger partial charge in [0.15, 0.2) is 0 Å². The number of rotatable bonds is 3. The van der Waals surface area contributed by atoms with E-state index in [1.54, 1.807) is 16.4 Å². The number of benzene rings is 1. The number of fused-ring (bicyclic) bond motifs is 1. The summed E-state index contributed by atoms with van der Waals surface area (Å²) in [7, 11) is -3.30. The molecule has 112 valence electrons. The van der Waals surface area contributed by atoms with Crippen LogP contribution >= 0.6 is 12.4 Å². The van der Waals surface area contributed by atoms with E-state index in [4.69, 9.17) is 0 Å². The fourth-order valence-corrected chi connectivity index (χ4v) is 4.61. The smallest absolute Gasteiger partial charge is 0.243 e. The topological polar surface area (TPSA) is 49.4 Å². The largest absolute Gasteiger partial charge is 0.316 e. The molecular formula is C14H21ClN2O2S. The van der Waals surface area contributed by atoms with Crippen molar-refractivity contribution in [1.29, 1.82) is 0 Å². The second-order valence-electron chi connectivity index (χ2n) is 5.50. The van der Waals surface area contributed by atoms with Crippen molar-refractivity contribution in [2.24, 2.45) is 11.8 Å². The number of nitrogens with zero attached hydrogens (tertiary/aromatic N) is 1. The summed E-state index contributed by atoms with van der Waals surface area (Å²) in [5, 5.41) is 3.33. The van der Waals surface area contributed by atoms with Crippen molar-refractivity contribution in [3.8, 4) is 0 Å². The average molecular weight is 317 g/mol. The van der Waals surface area contributed by atoms with Gasteiger partial charge in [0.05, 0.1) is 4.90 Å². The van der Waals surface area contributed by atoms with E-state index in [9.17, 15) is 8.42 Å². The molecule has 2 fully saturated rings. The maximum atomic E-state index is 12.6. The Morgan fingerprint density at radius 2 is 1.70 bits per heavy atom. The first kappa shape index (κ1) is 15.8. The molecule has 0 spiro atoms. The van der Waals surface area contributed by atoms with E-state index < -0.39 is 10.0 Å². The molecule has 2 aliphatic heterocycles. The minimum atomic E-state index is -3.30. The number of aryl methyl sites for hydroxylation is 1. The SMILES string of the molecule is CCc1ccc(S(=O)(=O)N2C[C@H]3CNC[C@H]3C2)cc1.Cl. The van der Waals surface area contributed by atoms with Gasteiger partial charge in [0.2, 0.25) is 10.0 Å². The normalized spacial score (nSPS) is 26.2. The standard InChI is InChI=1S/C14H20N2O2S.ClH/c1-2-11-3-5-14(6-4-11)19(17,18)16-9-12-7-15-8-13(12)10-16;/h3-6,12-13,15H,2,7-10H2,1H3;1H/t12-,13+;. The molecule has 0 unspecified atom stereocenters. The van der Waals surface area contributed by atoms with E-state index in [2.05, 4.69) is 12.2 Å². The summed E-state index contributed by atoms with van der Waals surface area (Å²) in [6.07, 6.45) is 0.930. The molecule has 6 heteroatoms. The third-order valence-corrected chi connectivity index (χ3v) is 6.17. The Morgan fingerprint density at radius 3 is 2.20 bits per heavy atom. The van der Waals surface area contributed by atoms with E-state index in [1.165, 1.54) is 5.56 Å². The quantitative estimate of drug-likeness (QED) is 0.919. The van der Waals surface area contributed by atoms with Crippen LogP contribution in [-0.4, -0.2) is 38.9 Å². The molecule has 20 heavy (non-hydrogen) atoms. The lowest BCUT2D eigenvalue weighted by Crippen LogP contribution is -2.31. The molecule has 0 radical (unpaired) electrons. The van der Waals surface area contributed by atoms with Gasteiger partial charge < -0.3 is 5.32 Å². The number of nitrogens with one attached hydrogen (secondary N) is 1. The third kappa shape index (κ3) is 2.72. The lowest BCUT2D eigenvalue weighted by atomic mass is 10.0. The van der Waals surface area contributed by atoms with Crippen LogP contribution in [0.15, 0.2) is 29.2 Å². The van der Waals surface area contributed by atoms with Gasteiger partial charge in [-0.25, -0.2) is 8.42 Å². The van der Waals surface area contributed by atoms with Crippen LogP contribution in [0.25, 0.3) is 0 Å². The van der Waals surface area contributed by atoms with E-state index in [0.29, 0.717) is 29.8 Å². The van der Waals surface area contributed by atoms with Gasteiger partial charge in [-0.1, -0.05) is 19.1 Å². The van der Waals surface area contributed by atoms with Gasteiger partial charge in [0.25, 0.3) is 0 Å². The van der Waals surface area contributed by atoms with Crippen LogP contribution in [0.4, 0.5) is 0 Å². The first-order valence-electron chi connectivity index (χ1n) is 6.91. The van der Waals surface area contributed by atoms with Crippen molar-refractivity contribution in [2.75, 3.05) is 26.2 Å². The Labute approximate surface area is 127 Å². The van der Waals surface area contributed by atoms with Crippen molar-refractivity contribution in [3.63, 3.8) is 0 Å². The highest BCUT2D eigenvalue weighted by Gasteiger charge is 2.41. The van der Waals surface area contributed by atoms with Gasteiger partial charge >= 0.3 is 0 Å². The van der Waals surface area contributed by atoms with E-state index in [1.807, 2.05) is 12.1 Å². The second kappa shape index (κ2) is 6.02. The molecule has 3 rings (SSSR count). The van der Waals surface area contributed by atoms with E-state index in [-0.39, 0.29) is 12.4 Å². The number of hydrogen-bond acceptors (Lipinski definition) is 3. The first-order valence-corrected chi connectivity index (χ1v) is 8.35. The van der Waals surface area contributed by atoms with Crippen LogP contribution in [0.1, 0.15) is 12.5 Å². The Bertz CT molecular complexity index is 547. The fraction of sp³-hybridized carbons (Fsp3) is 0.571. The zero-order chi connectivity index (χ0) is 13.5. The maximum Gasteiger partial charge on any atom is 0.243 e. The summed E-state index contributed by atoms with van der Waals surface area (Å²) >= 11 is 0.